The van der Waals surface area contributed by atoms with Gasteiger partial charge in [0.25, 0.3) is 0 Å². The van der Waals surface area contributed by atoms with Crippen molar-refractivity contribution in [2.45, 2.75) is 6.92 Å². The number of nitrogens with one attached hydrogen (secondary N) is 1. The summed E-state index contributed by atoms with van der Waals surface area (Å²) < 4.78 is 0. The Morgan fingerprint density at radius 3 is 2.74 bits per heavy atom. The van der Waals surface area contributed by atoms with Crippen LogP contribution < -0.4 is 5.32 Å². The number of hydrogen-bond donors (Lipinski definition) is 1. The molecule has 0 amide bonds. The number of hydrogen-bond acceptors (Lipinski definition) is 6. The Bertz CT molecular complexity index is 741. The number of rotatable bonds is 2. The molecule has 96 valence electrons. The van der Waals surface area contributed by atoms with Gasteiger partial charge in [-0.1, -0.05) is 23.2 Å². The third-order valence-electron chi connectivity index (χ3n) is 2.36. The van der Waals surface area contributed by atoms with Crippen LogP contribution in [0.4, 0.5) is 11.5 Å². The second-order valence-electron chi connectivity index (χ2n) is 3.54. The predicted octanol–water partition coefficient (Wildman–Crippen LogP) is 3.05. The average Bonchev–Trinajstić information content (AvgIpc) is 2.33. The summed E-state index contributed by atoms with van der Waals surface area (Å²) in [6, 6.07) is 1.36. The first-order valence-corrected chi connectivity index (χ1v) is 5.67. The highest BCUT2D eigenvalue weighted by atomic mass is 35.5. The first-order valence-electron chi connectivity index (χ1n) is 4.91. The summed E-state index contributed by atoms with van der Waals surface area (Å²) in [6.07, 6.45) is 1.71. The maximum absolute atomic E-state index is 11.0. The van der Waals surface area contributed by atoms with Crippen molar-refractivity contribution in [2.75, 3.05) is 5.32 Å². The van der Waals surface area contributed by atoms with E-state index in [1.165, 1.54) is 6.07 Å². The van der Waals surface area contributed by atoms with Crippen molar-refractivity contribution < 1.29 is 4.92 Å². The summed E-state index contributed by atoms with van der Waals surface area (Å²) in [6.45, 7) is 1.57. The summed E-state index contributed by atoms with van der Waals surface area (Å²) in [5.41, 5.74) is 0.156. The highest BCUT2D eigenvalue weighted by molar-refractivity contribution is 6.44. The van der Waals surface area contributed by atoms with Crippen molar-refractivity contribution in [3.63, 3.8) is 0 Å². The number of nitro benzene ring substituents is 1. The Labute approximate surface area is 116 Å². The SMILES string of the molecule is Cc1nc2c([N+](=O)[O-])c(Cl)c(Cl)cc2nc1NC#N. The molecular weight excluding hydrogens is 293 g/mol. The molecule has 0 aliphatic heterocycles. The molecule has 9 heteroatoms. The molecule has 1 aromatic heterocycles. The quantitative estimate of drug-likeness (QED) is 0.395. The minimum Gasteiger partial charge on any atom is -0.275 e. The van der Waals surface area contributed by atoms with Crippen LogP contribution in [0.2, 0.25) is 10.0 Å². The Morgan fingerprint density at radius 2 is 2.16 bits per heavy atom. The molecule has 1 N–H and O–H groups in total. The van der Waals surface area contributed by atoms with Crippen LogP contribution in [-0.4, -0.2) is 14.9 Å². The first kappa shape index (κ1) is 13.3. The van der Waals surface area contributed by atoms with Crippen LogP contribution in [-0.2, 0) is 0 Å². The number of aryl methyl sites for hydroxylation is 1. The summed E-state index contributed by atoms with van der Waals surface area (Å²) in [5, 5.41) is 21.8. The number of fused-ring (bicyclic) bond motifs is 1. The van der Waals surface area contributed by atoms with Gasteiger partial charge in [0.2, 0.25) is 0 Å². The van der Waals surface area contributed by atoms with Gasteiger partial charge in [-0.15, -0.1) is 0 Å². The van der Waals surface area contributed by atoms with Crippen LogP contribution in [0.1, 0.15) is 5.69 Å². The third-order valence-corrected chi connectivity index (χ3v) is 3.14. The maximum Gasteiger partial charge on any atom is 0.317 e. The Balaban J connectivity index is 2.88. The molecule has 0 spiro atoms. The van der Waals surface area contributed by atoms with Gasteiger partial charge in [-0.05, 0) is 13.0 Å². The second kappa shape index (κ2) is 4.84. The van der Waals surface area contributed by atoms with Gasteiger partial charge in [-0.2, -0.15) is 5.26 Å². The van der Waals surface area contributed by atoms with Gasteiger partial charge >= 0.3 is 5.69 Å². The summed E-state index contributed by atoms with van der Waals surface area (Å²) in [7, 11) is 0. The molecule has 0 saturated carbocycles. The fourth-order valence-electron chi connectivity index (χ4n) is 1.55. The fraction of sp³-hybridized carbons (Fsp3) is 0.100. The molecule has 0 aliphatic rings. The standard InChI is InChI=1S/C10H5Cl2N5O2/c1-4-10(14-3-13)16-6-2-5(11)7(12)9(17(18)19)8(6)15-4/h2H,1H3,(H,14,16). The van der Waals surface area contributed by atoms with E-state index in [-0.39, 0.29) is 26.9 Å². The molecular formula is C10H5Cl2N5O2. The van der Waals surface area contributed by atoms with E-state index in [1.54, 1.807) is 13.1 Å². The van der Waals surface area contributed by atoms with Crippen LogP contribution >= 0.6 is 23.2 Å². The lowest BCUT2D eigenvalue weighted by atomic mass is 10.2. The molecule has 0 bridgehead atoms. The zero-order valence-electron chi connectivity index (χ0n) is 9.44. The van der Waals surface area contributed by atoms with Crippen LogP contribution in [0.25, 0.3) is 11.0 Å². The van der Waals surface area contributed by atoms with Gasteiger partial charge in [0.05, 0.1) is 21.2 Å². The lowest BCUT2D eigenvalue weighted by molar-refractivity contribution is -0.383. The molecule has 0 aliphatic carbocycles. The fourth-order valence-corrected chi connectivity index (χ4v) is 1.95. The zero-order chi connectivity index (χ0) is 14.2. The summed E-state index contributed by atoms with van der Waals surface area (Å²) in [4.78, 5) is 18.5. The van der Waals surface area contributed by atoms with Crippen molar-refractivity contribution in [2.24, 2.45) is 0 Å². The van der Waals surface area contributed by atoms with Crippen LogP contribution in [0.5, 0.6) is 0 Å². The van der Waals surface area contributed by atoms with Gasteiger partial charge in [0.1, 0.15) is 5.02 Å². The van der Waals surface area contributed by atoms with E-state index in [9.17, 15) is 10.1 Å². The maximum atomic E-state index is 11.0. The number of benzene rings is 1. The Morgan fingerprint density at radius 1 is 1.47 bits per heavy atom. The molecule has 2 rings (SSSR count). The number of nitriles is 1. The molecule has 0 radical (unpaired) electrons. The summed E-state index contributed by atoms with van der Waals surface area (Å²) in [5.74, 6) is 0.211. The molecule has 0 atom stereocenters. The van der Waals surface area contributed by atoms with E-state index in [0.29, 0.717) is 5.69 Å². The van der Waals surface area contributed by atoms with E-state index < -0.39 is 10.6 Å². The highest BCUT2D eigenvalue weighted by Crippen LogP contribution is 2.37. The third kappa shape index (κ3) is 2.23. The van der Waals surface area contributed by atoms with Gasteiger partial charge in [0, 0.05) is 0 Å². The van der Waals surface area contributed by atoms with E-state index in [2.05, 4.69) is 15.3 Å². The normalized spacial score (nSPS) is 10.2. The Hall–Kier alpha value is -2.17. The second-order valence-corrected chi connectivity index (χ2v) is 4.33. The van der Waals surface area contributed by atoms with Gasteiger partial charge in [-0.3, -0.25) is 15.4 Å². The number of nitro groups is 1. The molecule has 0 saturated heterocycles. The Kier molecular flexibility index (Phi) is 3.38. The van der Waals surface area contributed by atoms with Gasteiger partial charge in [-0.25, -0.2) is 9.97 Å². The minimum atomic E-state index is -0.665. The van der Waals surface area contributed by atoms with E-state index >= 15 is 0 Å². The number of aromatic nitrogens is 2. The molecule has 2 aromatic rings. The molecule has 0 unspecified atom stereocenters. The monoisotopic (exact) mass is 297 g/mol. The highest BCUT2D eigenvalue weighted by Gasteiger charge is 2.23. The van der Waals surface area contributed by atoms with E-state index in [4.69, 9.17) is 28.5 Å². The zero-order valence-corrected chi connectivity index (χ0v) is 11.0. The van der Waals surface area contributed by atoms with E-state index in [0.717, 1.165) is 0 Å². The van der Waals surface area contributed by atoms with Crippen molar-refractivity contribution in [1.29, 1.82) is 5.26 Å². The first-order chi connectivity index (χ1) is 8.95. The molecule has 1 aromatic carbocycles. The number of halogens is 2. The van der Waals surface area contributed by atoms with Gasteiger partial charge < -0.3 is 0 Å². The molecule has 1 heterocycles. The van der Waals surface area contributed by atoms with Crippen molar-refractivity contribution in [3.05, 3.63) is 31.9 Å². The average molecular weight is 298 g/mol. The molecule has 7 nitrogen and oxygen atoms in total. The lowest BCUT2D eigenvalue weighted by Crippen LogP contribution is -2.01. The van der Waals surface area contributed by atoms with E-state index in [1.807, 2.05) is 0 Å². The van der Waals surface area contributed by atoms with Gasteiger partial charge in [0.15, 0.2) is 17.5 Å². The molecule has 0 fully saturated rings. The van der Waals surface area contributed by atoms with Crippen LogP contribution in [0, 0.1) is 28.5 Å². The van der Waals surface area contributed by atoms with Crippen molar-refractivity contribution in [3.8, 4) is 6.19 Å². The predicted molar refractivity (Wildman–Crippen MR) is 70.2 cm³/mol. The lowest BCUT2D eigenvalue weighted by Gasteiger charge is -2.06. The largest absolute Gasteiger partial charge is 0.317 e. The van der Waals surface area contributed by atoms with Crippen LogP contribution in [0.15, 0.2) is 6.07 Å². The topological polar surface area (TPSA) is 105 Å². The smallest absolute Gasteiger partial charge is 0.275 e. The number of anilines is 1. The van der Waals surface area contributed by atoms with Crippen molar-refractivity contribution in [1.82, 2.24) is 9.97 Å². The van der Waals surface area contributed by atoms with Crippen molar-refractivity contribution >= 4 is 45.7 Å². The number of nitrogens with zero attached hydrogens (tertiary/aromatic N) is 4. The minimum absolute atomic E-state index is 0.00178. The summed E-state index contributed by atoms with van der Waals surface area (Å²) >= 11 is 11.6. The van der Waals surface area contributed by atoms with Crippen LogP contribution in [0.3, 0.4) is 0 Å². The molecule has 19 heavy (non-hydrogen) atoms.